The Bertz CT molecular complexity index is 798. The number of carbonyl (C=O) groups excluding carboxylic acids is 3. The van der Waals surface area contributed by atoms with Gasteiger partial charge in [-0.3, -0.25) is 14.4 Å². The third kappa shape index (κ3) is 41.6. The van der Waals surface area contributed by atoms with Crippen molar-refractivity contribution >= 4 is 17.9 Å². The number of rotatable bonds is 44. The van der Waals surface area contributed by atoms with Gasteiger partial charge in [0, 0.05) is 19.3 Å². The monoisotopic (exact) mass is 765 g/mol. The van der Waals surface area contributed by atoms with Crippen LogP contribution < -0.4 is 0 Å². The Morgan fingerprint density at radius 1 is 0.296 bits per heavy atom. The Kier molecular flexibility index (Phi) is 42.8. The molecule has 0 aliphatic heterocycles. The maximum atomic E-state index is 12.7. The van der Waals surface area contributed by atoms with Gasteiger partial charge in [-0.05, 0) is 19.3 Å². The zero-order chi connectivity index (χ0) is 39.4. The summed E-state index contributed by atoms with van der Waals surface area (Å²) in [5, 5.41) is 0. The molecule has 0 N–H and O–H groups in total. The van der Waals surface area contributed by atoms with Crippen LogP contribution >= 0.6 is 0 Å². The van der Waals surface area contributed by atoms with E-state index in [-0.39, 0.29) is 31.1 Å². The van der Waals surface area contributed by atoms with Gasteiger partial charge in [0.25, 0.3) is 0 Å². The van der Waals surface area contributed by atoms with Crippen LogP contribution in [-0.2, 0) is 28.6 Å². The van der Waals surface area contributed by atoms with E-state index < -0.39 is 6.10 Å². The normalized spacial score (nSPS) is 11.8. The van der Waals surface area contributed by atoms with E-state index in [0.29, 0.717) is 19.3 Å². The quantitative estimate of drug-likeness (QED) is 0.0349. The summed E-state index contributed by atoms with van der Waals surface area (Å²) in [5.74, 6) is -0.849. The summed E-state index contributed by atoms with van der Waals surface area (Å²) >= 11 is 0. The highest BCUT2D eigenvalue weighted by atomic mass is 16.6. The van der Waals surface area contributed by atoms with Gasteiger partial charge in [0.1, 0.15) is 13.2 Å². The minimum Gasteiger partial charge on any atom is -0.462 e. The van der Waals surface area contributed by atoms with Crippen LogP contribution in [0.2, 0.25) is 0 Å². The first kappa shape index (κ1) is 52.4. The molecule has 0 aromatic heterocycles. The van der Waals surface area contributed by atoms with Crippen molar-refractivity contribution < 1.29 is 28.6 Å². The maximum Gasteiger partial charge on any atom is 0.306 e. The molecule has 1 atom stereocenters. The fourth-order valence-electron chi connectivity index (χ4n) is 7.21. The van der Waals surface area contributed by atoms with Gasteiger partial charge in [-0.25, -0.2) is 0 Å². The molecule has 0 aliphatic rings. The van der Waals surface area contributed by atoms with Crippen LogP contribution in [0.15, 0.2) is 0 Å². The van der Waals surface area contributed by atoms with E-state index in [9.17, 15) is 14.4 Å². The molecule has 6 heteroatoms. The van der Waals surface area contributed by atoms with E-state index in [1.165, 1.54) is 173 Å². The van der Waals surface area contributed by atoms with Crippen LogP contribution in [0.5, 0.6) is 0 Å². The predicted molar refractivity (Wildman–Crippen MR) is 229 cm³/mol. The third-order valence-corrected chi connectivity index (χ3v) is 10.9. The molecule has 0 rings (SSSR count). The van der Waals surface area contributed by atoms with Gasteiger partial charge in [0.2, 0.25) is 0 Å². The molecule has 0 aromatic carbocycles. The van der Waals surface area contributed by atoms with E-state index in [1.54, 1.807) is 0 Å². The Labute approximate surface area is 336 Å². The van der Waals surface area contributed by atoms with Gasteiger partial charge >= 0.3 is 17.9 Å². The first-order valence-electron chi connectivity index (χ1n) is 24.0. The standard InChI is InChI=1S/C48H92O6/c1-4-7-10-13-16-19-22-23-24-25-27-30-32-35-38-41-47(50)53-44-45(54-48(51)42-39-36-33-28-21-18-15-12-9-6-3)43-52-46(49)40-37-34-31-29-26-20-17-14-11-8-5-2/h45H,4-44H2,1-3H3/t45-/m0/s1. The average molecular weight is 765 g/mol. The van der Waals surface area contributed by atoms with Gasteiger partial charge in [-0.2, -0.15) is 0 Å². The predicted octanol–water partition coefficient (Wildman–Crippen LogP) is 15.3. The lowest BCUT2D eigenvalue weighted by atomic mass is 10.0. The van der Waals surface area contributed by atoms with Crippen LogP contribution in [0, 0.1) is 0 Å². The van der Waals surface area contributed by atoms with E-state index in [4.69, 9.17) is 14.2 Å². The zero-order valence-corrected chi connectivity index (χ0v) is 36.5. The number of hydrogen-bond donors (Lipinski definition) is 0. The second-order valence-corrected chi connectivity index (χ2v) is 16.4. The molecule has 6 nitrogen and oxygen atoms in total. The molecule has 0 saturated heterocycles. The zero-order valence-electron chi connectivity index (χ0n) is 36.5. The topological polar surface area (TPSA) is 78.9 Å². The Balaban J connectivity index is 4.27. The molecule has 0 aromatic rings. The summed E-state index contributed by atoms with van der Waals surface area (Å²) < 4.78 is 16.7. The second-order valence-electron chi connectivity index (χ2n) is 16.4. The number of hydrogen-bond acceptors (Lipinski definition) is 6. The molecule has 0 heterocycles. The van der Waals surface area contributed by atoms with Gasteiger partial charge in [-0.1, -0.05) is 233 Å². The summed E-state index contributed by atoms with van der Waals surface area (Å²) in [6.45, 7) is 6.65. The highest BCUT2D eigenvalue weighted by Gasteiger charge is 2.19. The minimum atomic E-state index is -0.757. The van der Waals surface area contributed by atoms with E-state index in [2.05, 4.69) is 20.8 Å². The number of esters is 3. The second kappa shape index (κ2) is 44.1. The average Bonchev–Trinajstić information content (AvgIpc) is 3.17. The van der Waals surface area contributed by atoms with Gasteiger partial charge in [0.15, 0.2) is 6.10 Å². The first-order valence-corrected chi connectivity index (χ1v) is 24.0. The lowest BCUT2D eigenvalue weighted by Gasteiger charge is -2.18. The van der Waals surface area contributed by atoms with Crippen molar-refractivity contribution in [1.82, 2.24) is 0 Å². The summed E-state index contributed by atoms with van der Waals surface area (Å²) in [6.07, 6.45) is 45.1. The molecule has 0 fully saturated rings. The van der Waals surface area contributed by atoms with E-state index in [0.717, 1.165) is 57.8 Å². The van der Waals surface area contributed by atoms with Crippen molar-refractivity contribution in [3.8, 4) is 0 Å². The number of carbonyl (C=O) groups is 3. The van der Waals surface area contributed by atoms with E-state index >= 15 is 0 Å². The first-order chi connectivity index (χ1) is 26.5. The molecule has 0 bridgehead atoms. The molecular formula is C48H92O6. The molecule has 54 heavy (non-hydrogen) atoms. The number of unbranched alkanes of at least 4 members (excludes halogenated alkanes) is 33. The molecule has 0 unspecified atom stereocenters. The summed E-state index contributed by atoms with van der Waals surface area (Å²) in [7, 11) is 0. The van der Waals surface area contributed by atoms with Crippen molar-refractivity contribution in [2.45, 2.75) is 277 Å². The molecule has 0 amide bonds. The van der Waals surface area contributed by atoms with Gasteiger partial charge < -0.3 is 14.2 Å². The molecular weight excluding hydrogens is 673 g/mol. The van der Waals surface area contributed by atoms with Gasteiger partial charge in [-0.15, -0.1) is 0 Å². The van der Waals surface area contributed by atoms with Crippen molar-refractivity contribution in [3.05, 3.63) is 0 Å². The molecule has 0 aliphatic carbocycles. The lowest BCUT2D eigenvalue weighted by molar-refractivity contribution is -0.167. The Morgan fingerprint density at radius 3 is 0.741 bits per heavy atom. The van der Waals surface area contributed by atoms with Gasteiger partial charge in [0.05, 0.1) is 0 Å². The van der Waals surface area contributed by atoms with Crippen molar-refractivity contribution in [3.63, 3.8) is 0 Å². The minimum absolute atomic E-state index is 0.0624. The molecule has 0 saturated carbocycles. The number of ether oxygens (including phenoxy) is 3. The summed E-state index contributed by atoms with van der Waals surface area (Å²) in [4.78, 5) is 37.7. The summed E-state index contributed by atoms with van der Waals surface area (Å²) in [6, 6.07) is 0. The van der Waals surface area contributed by atoms with Crippen LogP contribution in [0.1, 0.15) is 271 Å². The fraction of sp³-hybridized carbons (Fsp3) is 0.938. The van der Waals surface area contributed by atoms with Crippen molar-refractivity contribution in [2.24, 2.45) is 0 Å². The smallest absolute Gasteiger partial charge is 0.306 e. The molecule has 0 spiro atoms. The molecule has 0 radical (unpaired) electrons. The van der Waals surface area contributed by atoms with Crippen LogP contribution in [0.4, 0.5) is 0 Å². The van der Waals surface area contributed by atoms with Crippen molar-refractivity contribution in [1.29, 1.82) is 0 Å². The summed E-state index contributed by atoms with van der Waals surface area (Å²) in [5.41, 5.74) is 0. The van der Waals surface area contributed by atoms with E-state index in [1.807, 2.05) is 0 Å². The largest absolute Gasteiger partial charge is 0.462 e. The maximum absolute atomic E-state index is 12.7. The lowest BCUT2D eigenvalue weighted by Crippen LogP contribution is -2.30. The van der Waals surface area contributed by atoms with Crippen molar-refractivity contribution in [2.75, 3.05) is 13.2 Å². The molecule has 320 valence electrons. The fourth-order valence-corrected chi connectivity index (χ4v) is 7.21. The van der Waals surface area contributed by atoms with Crippen LogP contribution in [0.3, 0.4) is 0 Å². The highest BCUT2D eigenvalue weighted by molar-refractivity contribution is 5.71. The Hall–Kier alpha value is -1.59. The highest BCUT2D eigenvalue weighted by Crippen LogP contribution is 2.16. The SMILES string of the molecule is CCCCCCCCCCCCCCCCCC(=O)OC[C@H](COC(=O)CCCCCCCCCCCCC)OC(=O)CCCCCCCCCCCC. The van der Waals surface area contributed by atoms with Crippen LogP contribution in [-0.4, -0.2) is 37.2 Å². The third-order valence-electron chi connectivity index (χ3n) is 10.9. The Morgan fingerprint density at radius 2 is 0.500 bits per heavy atom. The van der Waals surface area contributed by atoms with Crippen LogP contribution in [0.25, 0.3) is 0 Å².